The molecule has 3 N–H and O–H groups in total. The number of morpholine rings is 1. The molecule has 3 rings (SSSR count). The molecule has 33 heavy (non-hydrogen) atoms. The summed E-state index contributed by atoms with van der Waals surface area (Å²) in [7, 11) is 1.53. The van der Waals surface area contributed by atoms with Crippen LogP contribution in [0.25, 0.3) is 0 Å². The standard InChI is InChI=1S/C23H30N6O2.C2H6/c1-5-8-17(9-6-2)19(23(24)30-4)16-25-20-15-22(28-10-12-31-13-11-28)29-21(26-20)14-18(7-3)27-29;1-2/h5-9,14-16,18,27H,1,3,10-13,24H2,2,4H3;1-2H3/b9-6-,17-8+,23-19-,25-16?;. The van der Waals surface area contributed by atoms with E-state index in [1.165, 1.54) is 7.11 Å². The molecule has 8 heteroatoms. The molecule has 8 nitrogen and oxygen atoms in total. The van der Waals surface area contributed by atoms with E-state index in [0.29, 0.717) is 24.6 Å². The molecule has 3 aliphatic heterocycles. The zero-order valence-electron chi connectivity index (χ0n) is 20.1. The van der Waals surface area contributed by atoms with E-state index in [1.54, 1.807) is 12.3 Å². The van der Waals surface area contributed by atoms with Gasteiger partial charge in [-0.25, -0.2) is 20.4 Å². The van der Waals surface area contributed by atoms with Crippen molar-refractivity contribution in [2.24, 2.45) is 15.7 Å². The topological polar surface area (TPSA) is 87.7 Å². The molecule has 0 aromatic carbocycles. The van der Waals surface area contributed by atoms with Crippen LogP contribution in [0.3, 0.4) is 0 Å². The third-order valence-electron chi connectivity index (χ3n) is 4.91. The predicted molar refractivity (Wildman–Crippen MR) is 136 cm³/mol. The predicted octanol–water partition coefficient (Wildman–Crippen LogP) is 3.39. The van der Waals surface area contributed by atoms with Gasteiger partial charge in [-0.05, 0) is 18.6 Å². The molecule has 178 valence electrons. The number of rotatable bonds is 7. The lowest BCUT2D eigenvalue weighted by Crippen LogP contribution is -2.47. The number of hydrogen-bond acceptors (Lipinski definition) is 8. The lowest BCUT2D eigenvalue weighted by atomic mass is 10.1. The minimum absolute atomic E-state index is 0.00271. The van der Waals surface area contributed by atoms with Crippen LogP contribution in [0.4, 0.5) is 0 Å². The Hall–Kier alpha value is -3.36. The maximum absolute atomic E-state index is 6.10. The Morgan fingerprint density at radius 3 is 2.67 bits per heavy atom. The summed E-state index contributed by atoms with van der Waals surface area (Å²) in [5.74, 6) is 2.58. The zero-order chi connectivity index (χ0) is 24.2. The van der Waals surface area contributed by atoms with Crippen molar-refractivity contribution in [3.05, 3.63) is 84.4 Å². The van der Waals surface area contributed by atoms with Gasteiger partial charge in [-0.15, -0.1) is 6.58 Å². The number of hydrazine groups is 1. The Morgan fingerprint density at radius 1 is 1.33 bits per heavy atom. The average molecular weight is 453 g/mol. The smallest absolute Gasteiger partial charge is 0.193 e. The van der Waals surface area contributed by atoms with Gasteiger partial charge in [0.25, 0.3) is 0 Å². The summed E-state index contributed by atoms with van der Waals surface area (Å²) < 4.78 is 10.8. The molecule has 0 amide bonds. The molecule has 0 spiro atoms. The van der Waals surface area contributed by atoms with E-state index in [-0.39, 0.29) is 11.9 Å². The number of nitrogens with one attached hydrogen (secondary N) is 1. The Balaban J connectivity index is 0.00000187. The number of methoxy groups -OCH3 is 1. The van der Waals surface area contributed by atoms with Crippen molar-refractivity contribution in [3.8, 4) is 0 Å². The minimum Gasteiger partial charge on any atom is -0.482 e. The number of nitrogens with zero attached hydrogens (tertiary/aromatic N) is 4. The van der Waals surface area contributed by atoms with Crippen LogP contribution in [0.5, 0.6) is 0 Å². The van der Waals surface area contributed by atoms with E-state index in [9.17, 15) is 0 Å². The lowest BCUT2D eigenvalue weighted by Gasteiger charge is -2.37. The second-order valence-corrected chi connectivity index (χ2v) is 6.92. The van der Waals surface area contributed by atoms with Crippen molar-refractivity contribution in [3.63, 3.8) is 0 Å². The van der Waals surface area contributed by atoms with Crippen LogP contribution in [-0.2, 0) is 9.47 Å². The second-order valence-electron chi connectivity index (χ2n) is 6.92. The third kappa shape index (κ3) is 6.57. The maximum atomic E-state index is 6.10. The highest BCUT2D eigenvalue weighted by molar-refractivity contribution is 6.03. The summed E-state index contributed by atoms with van der Waals surface area (Å²) >= 11 is 0. The molecule has 1 fully saturated rings. The average Bonchev–Trinajstić information content (AvgIpc) is 3.28. The van der Waals surface area contributed by atoms with Gasteiger partial charge in [0.1, 0.15) is 11.6 Å². The molecular weight excluding hydrogens is 416 g/mol. The number of fused-ring (bicyclic) bond motifs is 1. The van der Waals surface area contributed by atoms with Crippen molar-refractivity contribution in [2.75, 3.05) is 33.4 Å². The van der Waals surface area contributed by atoms with Crippen molar-refractivity contribution in [1.29, 1.82) is 0 Å². The molecular formula is C25H36N6O2. The number of aliphatic imine (C=N–C) groups is 2. The molecule has 0 aromatic heterocycles. The van der Waals surface area contributed by atoms with Crippen molar-refractivity contribution in [1.82, 2.24) is 15.3 Å². The summed E-state index contributed by atoms with van der Waals surface area (Å²) in [6.45, 7) is 16.5. The molecule has 3 heterocycles. The van der Waals surface area contributed by atoms with Crippen molar-refractivity contribution in [2.45, 2.75) is 26.8 Å². The van der Waals surface area contributed by atoms with Crippen LogP contribution in [0.2, 0.25) is 0 Å². The van der Waals surface area contributed by atoms with E-state index in [2.05, 4.69) is 28.5 Å². The van der Waals surface area contributed by atoms with E-state index in [0.717, 1.165) is 30.3 Å². The zero-order valence-corrected chi connectivity index (χ0v) is 20.1. The highest BCUT2D eigenvalue weighted by Gasteiger charge is 2.31. The molecule has 0 bridgehead atoms. The van der Waals surface area contributed by atoms with E-state index < -0.39 is 0 Å². The summed E-state index contributed by atoms with van der Waals surface area (Å²) in [5, 5.41) is 1.97. The summed E-state index contributed by atoms with van der Waals surface area (Å²) in [6, 6.07) is 0.00271. The molecule has 0 aliphatic carbocycles. The second kappa shape index (κ2) is 13.2. The van der Waals surface area contributed by atoms with Gasteiger partial charge in [-0.1, -0.05) is 50.8 Å². The monoisotopic (exact) mass is 452 g/mol. The normalized spacial score (nSPS) is 21.5. The number of nitrogens with two attached hydrogens (primary N) is 1. The molecule has 1 saturated heterocycles. The number of allylic oxidation sites excluding steroid dienone is 6. The number of amidine groups is 1. The highest BCUT2D eigenvalue weighted by atomic mass is 16.5. The Kier molecular flexibility index (Phi) is 10.4. The minimum atomic E-state index is 0.00271. The molecule has 1 atom stereocenters. The van der Waals surface area contributed by atoms with Gasteiger partial charge in [0, 0.05) is 25.4 Å². The van der Waals surface area contributed by atoms with E-state index in [1.807, 2.05) is 62.2 Å². The molecule has 1 unspecified atom stereocenters. The van der Waals surface area contributed by atoms with Gasteiger partial charge >= 0.3 is 0 Å². The Labute approximate surface area is 197 Å². The quantitative estimate of drug-likeness (QED) is 0.266. The van der Waals surface area contributed by atoms with Gasteiger partial charge in [-0.2, -0.15) is 0 Å². The number of hydrogen-bond donors (Lipinski definition) is 2. The fraction of sp³-hybridized carbons (Fsp3) is 0.360. The van der Waals surface area contributed by atoms with Crippen LogP contribution in [0, 0.1) is 0 Å². The molecule has 0 radical (unpaired) electrons. The first-order valence-electron chi connectivity index (χ1n) is 11.2. The first kappa shape index (κ1) is 25.9. The molecule has 3 aliphatic rings. The SMILES string of the molecule is C=C/C=C(\C=C/C)C(/C=NC1=NC2=CC(C=C)NN2C(N2CCOCC2)=C1)=C(/N)OC.CC. The van der Waals surface area contributed by atoms with Crippen LogP contribution in [0.1, 0.15) is 20.8 Å². The van der Waals surface area contributed by atoms with Crippen molar-refractivity contribution < 1.29 is 9.47 Å². The van der Waals surface area contributed by atoms with E-state index in [4.69, 9.17) is 20.2 Å². The fourth-order valence-electron chi connectivity index (χ4n) is 3.36. The summed E-state index contributed by atoms with van der Waals surface area (Å²) in [6.07, 6.45) is 14.9. The molecule has 0 saturated carbocycles. The Morgan fingerprint density at radius 2 is 2.06 bits per heavy atom. The largest absolute Gasteiger partial charge is 0.482 e. The third-order valence-corrected chi connectivity index (χ3v) is 4.91. The summed E-state index contributed by atoms with van der Waals surface area (Å²) in [4.78, 5) is 11.6. The lowest BCUT2D eigenvalue weighted by molar-refractivity contribution is 0.0366. The van der Waals surface area contributed by atoms with Gasteiger partial charge in [0.2, 0.25) is 0 Å². The van der Waals surface area contributed by atoms with Crippen LogP contribution in [0.15, 0.2) is 94.3 Å². The van der Waals surface area contributed by atoms with E-state index >= 15 is 0 Å². The van der Waals surface area contributed by atoms with Crippen LogP contribution >= 0.6 is 0 Å². The summed E-state index contributed by atoms with van der Waals surface area (Å²) in [5.41, 5.74) is 11.0. The van der Waals surface area contributed by atoms with Crippen molar-refractivity contribution >= 4 is 12.1 Å². The highest BCUT2D eigenvalue weighted by Crippen LogP contribution is 2.27. The first-order valence-corrected chi connectivity index (χ1v) is 11.2. The van der Waals surface area contributed by atoms with Gasteiger partial charge in [0.05, 0.1) is 31.9 Å². The van der Waals surface area contributed by atoms with Gasteiger partial charge in [-0.3, -0.25) is 0 Å². The molecule has 0 aromatic rings. The van der Waals surface area contributed by atoms with Gasteiger partial charge < -0.3 is 20.1 Å². The van der Waals surface area contributed by atoms with Crippen LogP contribution in [-0.4, -0.2) is 61.4 Å². The maximum Gasteiger partial charge on any atom is 0.193 e. The first-order chi connectivity index (χ1) is 16.1. The van der Waals surface area contributed by atoms with Crippen LogP contribution < -0.4 is 11.2 Å². The fourth-order valence-corrected chi connectivity index (χ4v) is 3.36. The van der Waals surface area contributed by atoms with Gasteiger partial charge in [0.15, 0.2) is 11.7 Å². The Bertz CT molecular complexity index is 917. The number of ether oxygens (including phenoxy) is 2.